The van der Waals surface area contributed by atoms with Crippen LogP contribution in [0.1, 0.15) is 19.4 Å². The summed E-state index contributed by atoms with van der Waals surface area (Å²) in [6.07, 6.45) is 2.71. The first-order valence-corrected chi connectivity index (χ1v) is 10.8. The van der Waals surface area contributed by atoms with Crippen molar-refractivity contribution >= 4 is 17.1 Å². The summed E-state index contributed by atoms with van der Waals surface area (Å²) in [7, 11) is 1.70. The molecule has 0 radical (unpaired) electrons. The number of nitrogens with one attached hydrogen (secondary N) is 1. The maximum atomic E-state index is 13.5. The van der Waals surface area contributed by atoms with Crippen molar-refractivity contribution in [1.82, 2.24) is 24.0 Å². The molecule has 1 saturated heterocycles. The van der Waals surface area contributed by atoms with E-state index in [1.54, 1.807) is 7.05 Å². The Balaban J connectivity index is 1.85. The van der Waals surface area contributed by atoms with Crippen LogP contribution in [0.3, 0.4) is 0 Å². The second kappa shape index (κ2) is 8.93. The van der Waals surface area contributed by atoms with E-state index in [-0.39, 0.29) is 11.2 Å². The zero-order chi connectivity index (χ0) is 22.0. The number of aryl methyl sites for hydroxylation is 2. The zero-order valence-corrected chi connectivity index (χ0v) is 18.5. The van der Waals surface area contributed by atoms with Gasteiger partial charge in [-0.2, -0.15) is 4.98 Å². The molecule has 1 aromatic carbocycles. The highest BCUT2D eigenvalue weighted by Crippen LogP contribution is 2.20. The highest BCUT2D eigenvalue weighted by atomic mass is 16.2. The number of allylic oxidation sites excluding steroid dienone is 2. The van der Waals surface area contributed by atoms with Gasteiger partial charge in [-0.1, -0.05) is 42.0 Å². The van der Waals surface area contributed by atoms with Gasteiger partial charge in [0.25, 0.3) is 5.56 Å². The molecule has 0 amide bonds. The van der Waals surface area contributed by atoms with Gasteiger partial charge in [-0.05, 0) is 25.8 Å². The molecule has 0 saturated carbocycles. The van der Waals surface area contributed by atoms with Crippen molar-refractivity contribution < 1.29 is 0 Å². The second-order valence-corrected chi connectivity index (χ2v) is 8.25. The van der Waals surface area contributed by atoms with Crippen LogP contribution in [-0.2, 0) is 26.6 Å². The van der Waals surface area contributed by atoms with Gasteiger partial charge < -0.3 is 14.8 Å². The first-order chi connectivity index (χ1) is 15.0. The van der Waals surface area contributed by atoms with E-state index in [2.05, 4.69) is 16.3 Å². The van der Waals surface area contributed by atoms with E-state index in [0.29, 0.717) is 30.7 Å². The fourth-order valence-corrected chi connectivity index (χ4v) is 4.00. The van der Waals surface area contributed by atoms with Crippen molar-refractivity contribution in [3.8, 4) is 0 Å². The van der Waals surface area contributed by atoms with E-state index in [9.17, 15) is 9.59 Å². The van der Waals surface area contributed by atoms with E-state index >= 15 is 0 Å². The molecule has 31 heavy (non-hydrogen) atoms. The number of rotatable bonds is 6. The lowest BCUT2D eigenvalue weighted by molar-refractivity contribution is 0.571. The minimum Gasteiger partial charge on any atom is -0.340 e. The first kappa shape index (κ1) is 21.1. The molecular weight excluding hydrogens is 392 g/mol. The van der Waals surface area contributed by atoms with Crippen LogP contribution < -0.4 is 21.5 Å². The number of fused-ring (bicyclic) bond motifs is 1. The van der Waals surface area contributed by atoms with Crippen molar-refractivity contribution in [3.63, 3.8) is 0 Å². The van der Waals surface area contributed by atoms with E-state index in [1.165, 1.54) is 14.7 Å². The third-order valence-electron chi connectivity index (χ3n) is 5.76. The third kappa shape index (κ3) is 4.20. The molecular formula is C23H30N6O2. The third-order valence-corrected chi connectivity index (χ3v) is 5.76. The van der Waals surface area contributed by atoms with Crippen LogP contribution >= 0.6 is 0 Å². The van der Waals surface area contributed by atoms with Crippen LogP contribution in [0.25, 0.3) is 11.2 Å². The molecule has 1 aliphatic heterocycles. The van der Waals surface area contributed by atoms with E-state index in [0.717, 1.165) is 37.7 Å². The molecule has 1 aliphatic rings. The Morgan fingerprint density at radius 3 is 2.48 bits per heavy atom. The topological polar surface area (TPSA) is 77.1 Å². The van der Waals surface area contributed by atoms with E-state index < -0.39 is 0 Å². The molecule has 8 heteroatoms. The van der Waals surface area contributed by atoms with Crippen LogP contribution in [0.15, 0.2) is 51.6 Å². The SMILES string of the molecule is CC(C)=CCn1c(N2CCNCC2)nc2c1c(=O)n(CCc1ccccc1)c(=O)n2C. The summed E-state index contributed by atoms with van der Waals surface area (Å²) in [5.41, 5.74) is 2.60. The van der Waals surface area contributed by atoms with Crippen LogP contribution in [-0.4, -0.2) is 44.9 Å². The van der Waals surface area contributed by atoms with Gasteiger partial charge in [-0.3, -0.25) is 13.9 Å². The van der Waals surface area contributed by atoms with Crippen LogP contribution in [0.4, 0.5) is 5.95 Å². The summed E-state index contributed by atoms with van der Waals surface area (Å²) in [6.45, 7) is 8.32. The van der Waals surface area contributed by atoms with Gasteiger partial charge in [0.2, 0.25) is 5.95 Å². The Morgan fingerprint density at radius 2 is 1.81 bits per heavy atom. The van der Waals surface area contributed by atoms with Crippen LogP contribution in [0.5, 0.6) is 0 Å². The summed E-state index contributed by atoms with van der Waals surface area (Å²) in [5, 5.41) is 3.35. The van der Waals surface area contributed by atoms with Crippen molar-refractivity contribution in [1.29, 1.82) is 0 Å². The van der Waals surface area contributed by atoms with Gasteiger partial charge in [-0.25, -0.2) is 4.79 Å². The Labute approximate surface area is 181 Å². The minimum atomic E-state index is -0.327. The van der Waals surface area contributed by atoms with Gasteiger partial charge in [-0.15, -0.1) is 0 Å². The quantitative estimate of drug-likeness (QED) is 0.610. The summed E-state index contributed by atoms with van der Waals surface area (Å²) in [4.78, 5) is 33.5. The molecule has 0 atom stereocenters. The van der Waals surface area contributed by atoms with Crippen molar-refractivity contribution in [2.24, 2.45) is 7.05 Å². The lowest BCUT2D eigenvalue weighted by Gasteiger charge is -2.28. The molecule has 0 aliphatic carbocycles. The van der Waals surface area contributed by atoms with E-state index in [1.807, 2.05) is 48.7 Å². The minimum absolute atomic E-state index is 0.273. The average molecular weight is 423 g/mol. The molecule has 1 N–H and O–H groups in total. The lowest BCUT2D eigenvalue weighted by Crippen LogP contribution is -2.44. The number of hydrogen-bond donors (Lipinski definition) is 1. The average Bonchev–Trinajstić information content (AvgIpc) is 3.17. The molecule has 3 aromatic rings. The number of imidazole rings is 1. The lowest BCUT2D eigenvalue weighted by atomic mass is 10.1. The van der Waals surface area contributed by atoms with Gasteiger partial charge in [0.15, 0.2) is 11.2 Å². The Morgan fingerprint density at radius 1 is 1.10 bits per heavy atom. The van der Waals surface area contributed by atoms with Crippen molar-refractivity contribution in [2.75, 3.05) is 31.1 Å². The molecule has 164 valence electrons. The predicted octanol–water partition coefficient (Wildman–Crippen LogP) is 1.52. The summed E-state index contributed by atoms with van der Waals surface area (Å²) in [6, 6.07) is 9.91. The largest absolute Gasteiger partial charge is 0.340 e. The second-order valence-electron chi connectivity index (χ2n) is 8.25. The number of anilines is 1. The van der Waals surface area contributed by atoms with E-state index in [4.69, 9.17) is 4.98 Å². The molecule has 8 nitrogen and oxygen atoms in total. The normalized spacial score (nSPS) is 14.2. The van der Waals surface area contributed by atoms with Crippen molar-refractivity contribution in [3.05, 3.63) is 68.4 Å². The summed E-state index contributed by atoms with van der Waals surface area (Å²) >= 11 is 0. The maximum absolute atomic E-state index is 13.5. The number of hydrogen-bond acceptors (Lipinski definition) is 5. The molecule has 4 rings (SSSR count). The fraction of sp³-hybridized carbons (Fsp3) is 0.435. The molecule has 2 aromatic heterocycles. The highest BCUT2D eigenvalue weighted by molar-refractivity contribution is 5.74. The van der Waals surface area contributed by atoms with Gasteiger partial charge in [0, 0.05) is 46.3 Å². The first-order valence-electron chi connectivity index (χ1n) is 10.8. The fourth-order valence-electron chi connectivity index (χ4n) is 4.00. The number of aromatic nitrogens is 4. The van der Waals surface area contributed by atoms with Gasteiger partial charge in [0.05, 0.1) is 0 Å². The zero-order valence-electron chi connectivity index (χ0n) is 18.5. The van der Waals surface area contributed by atoms with Crippen molar-refractivity contribution in [2.45, 2.75) is 33.4 Å². The summed E-state index contributed by atoms with van der Waals surface area (Å²) < 4.78 is 4.82. The van der Waals surface area contributed by atoms with Gasteiger partial charge >= 0.3 is 5.69 Å². The Kier molecular flexibility index (Phi) is 6.08. The Bertz CT molecular complexity index is 1210. The highest BCUT2D eigenvalue weighted by Gasteiger charge is 2.24. The smallest absolute Gasteiger partial charge is 0.332 e. The van der Waals surface area contributed by atoms with Gasteiger partial charge in [0.1, 0.15) is 0 Å². The molecule has 1 fully saturated rings. The summed E-state index contributed by atoms with van der Waals surface area (Å²) in [5.74, 6) is 0.752. The number of piperazine rings is 1. The molecule has 3 heterocycles. The monoisotopic (exact) mass is 422 g/mol. The number of benzene rings is 1. The molecule has 0 spiro atoms. The molecule has 0 unspecified atom stereocenters. The Hall–Kier alpha value is -3.13. The number of nitrogens with zero attached hydrogens (tertiary/aromatic N) is 5. The van der Waals surface area contributed by atoms with Crippen LogP contribution in [0, 0.1) is 0 Å². The maximum Gasteiger partial charge on any atom is 0.332 e. The molecule has 0 bridgehead atoms. The van der Waals surface area contributed by atoms with Crippen LogP contribution in [0.2, 0.25) is 0 Å². The predicted molar refractivity (Wildman–Crippen MR) is 124 cm³/mol. The standard InChI is InChI=1S/C23H30N6O2/c1-17(2)9-13-28-19-20(25-22(28)27-15-11-24-12-16-27)26(3)23(31)29(21(19)30)14-10-18-7-5-4-6-8-18/h4-9,24H,10-16H2,1-3H3.